The van der Waals surface area contributed by atoms with Gasteiger partial charge in [0.1, 0.15) is 5.69 Å². The molecule has 5 nitrogen and oxygen atoms in total. The highest BCUT2D eigenvalue weighted by atomic mass is 79.9. The molecule has 0 atom stereocenters. The molecule has 2 rings (SSSR count). The topological polar surface area (TPSA) is 80.0 Å². The molecule has 1 heterocycles. The van der Waals surface area contributed by atoms with Crippen LogP contribution in [0.3, 0.4) is 0 Å². The van der Waals surface area contributed by atoms with Gasteiger partial charge >= 0.3 is 0 Å². The molecule has 0 saturated heterocycles. The number of carbonyl (C=O) groups excluding carboxylic acids is 1. The van der Waals surface area contributed by atoms with Gasteiger partial charge in [0.05, 0.1) is 11.9 Å². The van der Waals surface area contributed by atoms with Crippen LogP contribution >= 0.6 is 15.9 Å². The van der Waals surface area contributed by atoms with Gasteiger partial charge in [-0.05, 0) is 30.3 Å². The maximum Gasteiger partial charge on any atom is 0.274 e. The molecule has 1 aromatic carbocycles. The molecule has 1 amide bonds. The summed E-state index contributed by atoms with van der Waals surface area (Å²) in [7, 11) is 0. The van der Waals surface area contributed by atoms with E-state index in [1.807, 2.05) is 18.2 Å². The third-order valence-corrected chi connectivity index (χ3v) is 2.74. The van der Waals surface area contributed by atoms with E-state index in [1.54, 1.807) is 18.2 Å². The Kier molecular flexibility index (Phi) is 3.91. The first-order valence-electron chi connectivity index (χ1n) is 5.18. The zero-order chi connectivity index (χ0) is 13.0. The molecule has 0 unspecified atom stereocenters. The number of hydrogen-bond acceptors (Lipinski definition) is 4. The number of nitrogens with one attached hydrogen (secondary N) is 2. The van der Waals surface area contributed by atoms with Crippen molar-refractivity contribution in [3.8, 4) is 0 Å². The number of nitrogens with zero attached hydrogens (tertiary/aromatic N) is 1. The van der Waals surface area contributed by atoms with Gasteiger partial charge in [-0.15, -0.1) is 0 Å². The average molecular weight is 307 g/mol. The Morgan fingerprint density at radius 3 is 2.67 bits per heavy atom. The highest BCUT2D eigenvalue weighted by Gasteiger charge is 2.07. The molecule has 1 aromatic heterocycles. The van der Waals surface area contributed by atoms with Crippen LogP contribution in [-0.4, -0.2) is 10.9 Å². The summed E-state index contributed by atoms with van der Waals surface area (Å²) >= 11 is 3.34. The monoisotopic (exact) mass is 306 g/mol. The number of benzene rings is 1. The second-order valence-corrected chi connectivity index (χ2v) is 4.46. The maximum atomic E-state index is 11.9. The lowest BCUT2D eigenvalue weighted by molar-refractivity contribution is 0.102. The van der Waals surface area contributed by atoms with Crippen molar-refractivity contribution < 1.29 is 4.79 Å². The van der Waals surface area contributed by atoms with Gasteiger partial charge < -0.3 is 10.7 Å². The number of amides is 1. The number of anilines is 2. The molecule has 6 heteroatoms. The number of halogens is 1. The Bertz CT molecular complexity index is 556. The summed E-state index contributed by atoms with van der Waals surface area (Å²) in [6, 6.07) is 10.6. The Hall–Kier alpha value is -1.92. The van der Waals surface area contributed by atoms with Gasteiger partial charge in [-0.25, -0.2) is 4.98 Å². The molecule has 92 valence electrons. The highest BCUT2D eigenvalue weighted by molar-refractivity contribution is 9.10. The van der Waals surface area contributed by atoms with Gasteiger partial charge in [-0.1, -0.05) is 22.0 Å². The van der Waals surface area contributed by atoms with Crippen molar-refractivity contribution in [2.24, 2.45) is 5.84 Å². The maximum absolute atomic E-state index is 11.9. The molecule has 18 heavy (non-hydrogen) atoms. The van der Waals surface area contributed by atoms with Crippen LogP contribution in [0.5, 0.6) is 0 Å². The van der Waals surface area contributed by atoms with Crippen LogP contribution in [0.15, 0.2) is 47.1 Å². The molecule has 0 spiro atoms. The Morgan fingerprint density at radius 1 is 1.22 bits per heavy atom. The van der Waals surface area contributed by atoms with Gasteiger partial charge in [0.25, 0.3) is 5.91 Å². The number of carbonyl (C=O) groups is 1. The van der Waals surface area contributed by atoms with Crippen LogP contribution in [0.1, 0.15) is 10.5 Å². The third kappa shape index (κ3) is 3.06. The number of rotatable bonds is 3. The summed E-state index contributed by atoms with van der Waals surface area (Å²) in [4.78, 5) is 15.9. The molecular formula is C12H11BrN4O. The summed E-state index contributed by atoms with van der Waals surface area (Å²) in [5.41, 5.74) is 4.13. The minimum absolute atomic E-state index is 0.267. The molecular weight excluding hydrogens is 296 g/mol. The predicted octanol–water partition coefficient (Wildman–Crippen LogP) is 2.38. The Labute approximate surface area is 113 Å². The molecule has 0 radical (unpaired) electrons. The minimum atomic E-state index is -0.267. The van der Waals surface area contributed by atoms with Gasteiger partial charge in [0, 0.05) is 10.2 Å². The second-order valence-electron chi connectivity index (χ2n) is 3.54. The zero-order valence-electron chi connectivity index (χ0n) is 9.35. The van der Waals surface area contributed by atoms with E-state index in [2.05, 4.69) is 31.7 Å². The normalized spacial score (nSPS) is 9.89. The van der Waals surface area contributed by atoms with Crippen molar-refractivity contribution in [1.29, 1.82) is 0 Å². The largest absolute Gasteiger partial charge is 0.323 e. The van der Waals surface area contributed by atoms with Gasteiger partial charge in [0.15, 0.2) is 0 Å². The standard InChI is InChI=1S/C12H11BrN4O/c13-8-2-1-3-9(6-8)16-12(18)11-5-4-10(17-14)7-15-11/h1-7,17H,14H2,(H,16,18). The minimum Gasteiger partial charge on any atom is -0.323 e. The summed E-state index contributed by atoms with van der Waals surface area (Å²) in [6.45, 7) is 0. The summed E-state index contributed by atoms with van der Waals surface area (Å²) in [5.74, 6) is 4.95. The average Bonchev–Trinajstić information content (AvgIpc) is 2.39. The van der Waals surface area contributed by atoms with Crippen LogP contribution in [0.25, 0.3) is 0 Å². The van der Waals surface area contributed by atoms with Crippen LogP contribution in [-0.2, 0) is 0 Å². The van der Waals surface area contributed by atoms with E-state index in [1.165, 1.54) is 6.20 Å². The van der Waals surface area contributed by atoms with Gasteiger partial charge in [-0.2, -0.15) is 0 Å². The van der Waals surface area contributed by atoms with E-state index < -0.39 is 0 Å². The number of pyridine rings is 1. The first-order chi connectivity index (χ1) is 8.69. The van der Waals surface area contributed by atoms with Crippen molar-refractivity contribution in [2.45, 2.75) is 0 Å². The summed E-state index contributed by atoms with van der Waals surface area (Å²) in [5, 5.41) is 2.75. The smallest absolute Gasteiger partial charge is 0.274 e. The van der Waals surface area contributed by atoms with Crippen LogP contribution in [0, 0.1) is 0 Å². The molecule has 0 aliphatic carbocycles. The lowest BCUT2D eigenvalue weighted by atomic mass is 10.3. The number of hydrogen-bond donors (Lipinski definition) is 3. The molecule has 0 saturated carbocycles. The predicted molar refractivity (Wildman–Crippen MR) is 74.1 cm³/mol. The van der Waals surface area contributed by atoms with Gasteiger partial charge in [-0.3, -0.25) is 10.6 Å². The summed E-state index contributed by atoms with van der Waals surface area (Å²) < 4.78 is 0.899. The van der Waals surface area contributed by atoms with E-state index in [0.717, 1.165) is 4.47 Å². The number of nitrogen functional groups attached to an aromatic ring is 1. The molecule has 0 bridgehead atoms. The lowest BCUT2D eigenvalue weighted by Crippen LogP contribution is -2.14. The molecule has 2 aromatic rings. The fraction of sp³-hybridized carbons (Fsp3) is 0. The molecule has 0 fully saturated rings. The number of nitrogens with two attached hydrogens (primary N) is 1. The van der Waals surface area contributed by atoms with Crippen molar-refractivity contribution in [3.63, 3.8) is 0 Å². The number of hydrazine groups is 1. The number of aromatic nitrogens is 1. The lowest BCUT2D eigenvalue weighted by Gasteiger charge is -2.05. The van der Waals surface area contributed by atoms with E-state index >= 15 is 0 Å². The van der Waals surface area contributed by atoms with Crippen molar-refractivity contribution in [2.75, 3.05) is 10.7 Å². The molecule has 0 aliphatic rings. The second kappa shape index (κ2) is 5.61. The Balaban J connectivity index is 2.11. The van der Waals surface area contributed by atoms with E-state index in [0.29, 0.717) is 17.1 Å². The van der Waals surface area contributed by atoms with Crippen molar-refractivity contribution in [1.82, 2.24) is 4.98 Å². The van der Waals surface area contributed by atoms with E-state index in [4.69, 9.17) is 5.84 Å². The Morgan fingerprint density at radius 2 is 2.06 bits per heavy atom. The highest BCUT2D eigenvalue weighted by Crippen LogP contribution is 2.16. The SMILES string of the molecule is NNc1ccc(C(=O)Nc2cccc(Br)c2)nc1. The van der Waals surface area contributed by atoms with Crippen molar-refractivity contribution in [3.05, 3.63) is 52.8 Å². The van der Waals surface area contributed by atoms with Crippen LogP contribution < -0.4 is 16.6 Å². The van der Waals surface area contributed by atoms with E-state index in [9.17, 15) is 4.79 Å². The van der Waals surface area contributed by atoms with Gasteiger partial charge in [0.2, 0.25) is 0 Å². The molecule has 4 N–H and O–H groups in total. The third-order valence-electron chi connectivity index (χ3n) is 2.25. The fourth-order valence-electron chi connectivity index (χ4n) is 1.37. The van der Waals surface area contributed by atoms with Crippen molar-refractivity contribution >= 4 is 33.2 Å². The first-order valence-corrected chi connectivity index (χ1v) is 5.98. The molecule has 0 aliphatic heterocycles. The fourth-order valence-corrected chi connectivity index (χ4v) is 1.77. The first kappa shape index (κ1) is 12.5. The zero-order valence-corrected chi connectivity index (χ0v) is 10.9. The van der Waals surface area contributed by atoms with E-state index in [-0.39, 0.29) is 5.91 Å². The summed E-state index contributed by atoms with van der Waals surface area (Å²) in [6.07, 6.45) is 1.50. The van der Waals surface area contributed by atoms with Crippen LogP contribution in [0.4, 0.5) is 11.4 Å². The van der Waals surface area contributed by atoms with Crippen LogP contribution in [0.2, 0.25) is 0 Å². The quantitative estimate of drug-likeness (QED) is 0.601.